The largest absolute Gasteiger partial charge is 0.507 e. The molecule has 1 aromatic heterocycles. The third-order valence-corrected chi connectivity index (χ3v) is 3.27. The van der Waals surface area contributed by atoms with Gasteiger partial charge < -0.3 is 9.67 Å². The summed E-state index contributed by atoms with van der Waals surface area (Å²) in [6, 6.07) is 8.42. The Balaban J connectivity index is 2.68. The summed E-state index contributed by atoms with van der Waals surface area (Å²) in [7, 11) is 1.58. The number of benzene rings is 1. The summed E-state index contributed by atoms with van der Waals surface area (Å²) < 4.78 is 1.35. The molecule has 4 nitrogen and oxygen atoms in total. The molecule has 0 saturated heterocycles. The predicted octanol–water partition coefficient (Wildman–Crippen LogP) is 1.94. The molecule has 1 heterocycles. The fourth-order valence-electron chi connectivity index (χ4n) is 1.98. The minimum absolute atomic E-state index is 0.178. The number of hydrogen-bond donors (Lipinski definition) is 1. The molecule has 1 N–H and O–H groups in total. The van der Waals surface area contributed by atoms with E-state index in [9.17, 15) is 14.7 Å². The fraction of sp³-hybridized carbons (Fsp3) is 0.200. The molecule has 0 radical (unpaired) electrons. The Labute approximate surface area is 110 Å². The minimum Gasteiger partial charge on any atom is -0.507 e. The number of aromatic nitrogens is 1. The smallest absolute Gasteiger partial charge is 0.265 e. The summed E-state index contributed by atoms with van der Waals surface area (Å²) >= 11 is 0. The van der Waals surface area contributed by atoms with Crippen molar-refractivity contribution in [2.45, 2.75) is 13.8 Å². The van der Waals surface area contributed by atoms with Crippen molar-refractivity contribution in [1.82, 2.24) is 4.57 Å². The van der Waals surface area contributed by atoms with E-state index in [0.29, 0.717) is 11.3 Å². The highest BCUT2D eigenvalue weighted by molar-refractivity contribution is 6.11. The zero-order chi connectivity index (χ0) is 14.2. The van der Waals surface area contributed by atoms with E-state index in [1.165, 1.54) is 10.6 Å². The van der Waals surface area contributed by atoms with E-state index in [1.54, 1.807) is 39.1 Å². The second-order valence-corrected chi connectivity index (χ2v) is 4.55. The van der Waals surface area contributed by atoms with Crippen LogP contribution in [0.3, 0.4) is 0 Å². The number of aromatic hydroxyl groups is 1. The van der Waals surface area contributed by atoms with Crippen LogP contribution in [0.2, 0.25) is 0 Å². The second-order valence-electron chi connectivity index (χ2n) is 4.55. The molecule has 1 aromatic carbocycles. The SMILES string of the molecule is Cc1ccccc1C(=O)c1c(O)cc(C)n(C)c1=O. The zero-order valence-electron chi connectivity index (χ0n) is 11.1. The van der Waals surface area contributed by atoms with Crippen molar-refractivity contribution in [2.75, 3.05) is 0 Å². The van der Waals surface area contributed by atoms with Crippen LogP contribution in [0.15, 0.2) is 35.1 Å². The molecule has 0 unspecified atom stereocenters. The molecule has 0 amide bonds. The summed E-state index contributed by atoms with van der Waals surface area (Å²) in [5.74, 6) is -0.718. The van der Waals surface area contributed by atoms with E-state index in [-0.39, 0.29) is 11.3 Å². The van der Waals surface area contributed by atoms with Crippen LogP contribution in [0, 0.1) is 13.8 Å². The van der Waals surface area contributed by atoms with Gasteiger partial charge in [-0.1, -0.05) is 24.3 Å². The average Bonchev–Trinajstić information content (AvgIpc) is 2.36. The van der Waals surface area contributed by atoms with E-state index in [1.807, 2.05) is 6.07 Å². The first kappa shape index (κ1) is 13.1. The number of hydrogen-bond acceptors (Lipinski definition) is 3. The molecule has 4 heteroatoms. The van der Waals surface area contributed by atoms with Gasteiger partial charge in [0, 0.05) is 24.4 Å². The maximum Gasteiger partial charge on any atom is 0.265 e. The molecule has 0 bridgehead atoms. The van der Waals surface area contributed by atoms with E-state index in [2.05, 4.69) is 0 Å². The van der Waals surface area contributed by atoms with Crippen molar-refractivity contribution < 1.29 is 9.90 Å². The van der Waals surface area contributed by atoms with Crippen molar-refractivity contribution in [1.29, 1.82) is 0 Å². The van der Waals surface area contributed by atoms with Crippen LogP contribution < -0.4 is 5.56 Å². The summed E-state index contributed by atoms with van der Waals surface area (Å²) in [6.45, 7) is 3.49. The number of nitrogens with zero attached hydrogens (tertiary/aromatic N) is 1. The molecule has 98 valence electrons. The van der Waals surface area contributed by atoms with Crippen molar-refractivity contribution in [3.05, 3.63) is 63.1 Å². The monoisotopic (exact) mass is 257 g/mol. The van der Waals surface area contributed by atoms with Crippen molar-refractivity contribution in [3.8, 4) is 5.75 Å². The van der Waals surface area contributed by atoms with Gasteiger partial charge in [-0.05, 0) is 19.4 Å². The lowest BCUT2D eigenvalue weighted by molar-refractivity contribution is 0.103. The average molecular weight is 257 g/mol. The molecule has 0 aliphatic carbocycles. The highest BCUT2D eigenvalue weighted by atomic mass is 16.3. The lowest BCUT2D eigenvalue weighted by atomic mass is 9.99. The summed E-state index contributed by atoms with van der Waals surface area (Å²) in [6.07, 6.45) is 0. The molecule has 19 heavy (non-hydrogen) atoms. The number of carbonyl (C=O) groups is 1. The maximum absolute atomic E-state index is 12.4. The van der Waals surface area contributed by atoms with Crippen LogP contribution in [-0.4, -0.2) is 15.5 Å². The number of carbonyl (C=O) groups excluding carboxylic acids is 1. The number of aryl methyl sites for hydroxylation is 2. The zero-order valence-corrected chi connectivity index (χ0v) is 11.1. The van der Waals surface area contributed by atoms with Gasteiger partial charge in [0.1, 0.15) is 11.3 Å². The van der Waals surface area contributed by atoms with Gasteiger partial charge in [0.25, 0.3) is 5.56 Å². The first-order chi connectivity index (χ1) is 8.93. The Hall–Kier alpha value is -2.36. The normalized spacial score (nSPS) is 10.5. The number of pyridine rings is 1. The van der Waals surface area contributed by atoms with Gasteiger partial charge in [0.15, 0.2) is 0 Å². The van der Waals surface area contributed by atoms with Gasteiger partial charge in [-0.25, -0.2) is 0 Å². The van der Waals surface area contributed by atoms with Crippen LogP contribution in [-0.2, 0) is 7.05 Å². The highest BCUT2D eigenvalue weighted by Crippen LogP contribution is 2.19. The summed E-state index contributed by atoms with van der Waals surface area (Å²) in [5.41, 5.74) is 1.14. The molecule has 0 saturated carbocycles. The van der Waals surface area contributed by atoms with E-state index in [4.69, 9.17) is 0 Å². The van der Waals surface area contributed by atoms with Crippen molar-refractivity contribution in [2.24, 2.45) is 7.05 Å². The number of rotatable bonds is 2. The van der Waals surface area contributed by atoms with E-state index >= 15 is 0 Å². The van der Waals surface area contributed by atoms with Gasteiger partial charge in [-0.3, -0.25) is 9.59 Å². The quantitative estimate of drug-likeness (QED) is 0.836. The van der Waals surface area contributed by atoms with E-state index < -0.39 is 11.3 Å². The van der Waals surface area contributed by atoms with Crippen LogP contribution in [0.4, 0.5) is 0 Å². The molecule has 0 aliphatic rings. The van der Waals surface area contributed by atoms with Crippen molar-refractivity contribution in [3.63, 3.8) is 0 Å². The first-order valence-corrected chi connectivity index (χ1v) is 5.93. The van der Waals surface area contributed by atoms with Crippen LogP contribution in [0.5, 0.6) is 5.75 Å². The Morgan fingerprint density at radius 3 is 2.47 bits per heavy atom. The Morgan fingerprint density at radius 1 is 1.21 bits per heavy atom. The van der Waals surface area contributed by atoms with Gasteiger partial charge in [-0.2, -0.15) is 0 Å². The molecule has 0 fully saturated rings. The second kappa shape index (κ2) is 4.72. The van der Waals surface area contributed by atoms with Crippen LogP contribution in [0.1, 0.15) is 27.2 Å². The first-order valence-electron chi connectivity index (χ1n) is 5.93. The lowest BCUT2D eigenvalue weighted by Crippen LogP contribution is -2.26. The van der Waals surface area contributed by atoms with Gasteiger partial charge in [0.2, 0.25) is 5.78 Å². The molecule has 0 aliphatic heterocycles. The predicted molar refractivity (Wildman–Crippen MR) is 72.7 cm³/mol. The Morgan fingerprint density at radius 2 is 1.84 bits per heavy atom. The Bertz CT molecular complexity index is 714. The van der Waals surface area contributed by atoms with Gasteiger partial charge in [-0.15, -0.1) is 0 Å². The van der Waals surface area contributed by atoms with E-state index in [0.717, 1.165) is 5.56 Å². The molecular formula is C15H15NO3. The lowest BCUT2D eigenvalue weighted by Gasteiger charge is -2.10. The Kier molecular flexibility index (Phi) is 3.25. The van der Waals surface area contributed by atoms with Gasteiger partial charge >= 0.3 is 0 Å². The maximum atomic E-state index is 12.4. The fourth-order valence-corrected chi connectivity index (χ4v) is 1.98. The highest BCUT2D eigenvalue weighted by Gasteiger charge is 2.20. The molecular weight excluding hydrogens is 242 g/mol. The van der Waals surface area contributed by atoms with Crippen LogP contribution >= 0.6 is 0 Å². The molecule has 0 atom stereocenters. The standard InChI is InChI=1S/C15H15NO3/c1-9-6-4-5-7-11(9)14(18)13-12(17)8-10(2)16(3)15(13)19/h4-8,17H,1-3H3. The van der Waals surface area contributed by atoms with Crippen molar-refractivity contribution >= 4 is 5.78 Å². The molecule has 0 spiro atoms. The summed E-state index contributed by atoms with van der Waals surface area (Å²) in [5, 5.41) is 9.89. The third-order valence-electron chi connectivity index (χ3n) is 3.27. The third kappa shape index (κ3) is 2.17. The minimum atomic E-state index is -0.481. The topological polar surface area (TPSA) is 59.3 Å². The van der Waals surface area contributed by atoms with Gasteiger partial charge in [0.05, 0.1) is 0 Å². The van der Waals surface area contributed by atoms with Crippen LogP contribution in [0.25, 0.3) is 0 Å². The molecule has 2 rings (SSSR count). The summed E-state index contributed by atoms with van der Waals surface area (Å²) in [4.78, 5) is 24.5. The molecule has 2 aromatic rings. The number of ketones is 1.